The molecule has 0 unspecified atom stereocenters. The lowest BCUT2D eigenvalue weighted by atomic mass is 9.66. The maximum Gasteiger partial charge on any atom is 0.156 e. The lowest BCUT2D eigenvalue weighted by Gasteiger charge is -2.41. The van der Waals surface area contributed by atoms with E-state index in [1.165, 1.54) is 0 Å². The van der Waals surface area contributed by atoms with Gasteiger partial charge < -0.3 is 28.1 Å². The largest absolute Gasteiger partial charge is 0.453 e. The molecular weight excluding hydrogens is 1050 g/mol. The number of pyridine rings is 2. The highest BCUT2D eigenvalue weighted by atomic mass is 16.5. The molecule has 0 fully saturated rings. The van der Waals surface area contributed by atoms with E-state index in [0.717, 1.165) is 145 Å². The van der Waals surface area contributed by atoms with Crippen molar-refractivity contribution in [2.24, 2.45) is 0 Å². The third kappa shape index (κ3) is 6.18. The van der Waals surface area contributed by atoms with Crippen LogP contribution in [-0.4, -0.2) is 23.7 Å². The van der Waals surface area contributed by atoms with Crippen molar-refractivity contribution in [2.45, 2.75) is 5.41 Å². The second-order valence-electron chi connectivity index (χ2n) is 21.8. The number of ether oxygens (including phenoxy) is 2. The average molecular weight is 1090 g/mol. The number of hydrogen-bond acceptors (Lipinski definition) is 8. The topological polar surface area (TPSA) is 134 Å². The van der Waals surface area contributed by atoms with E-state index in [2.05, 4.69) is 146 Å². The van der Waals surface area contributed by atoms with Crippen LogP contribution in [0.3, 0.4) is 0 Å². The second kappa shape index (κ2) is 17.2. The molecule has 10 aromatic carbocycles. The Morgan fingerprint density at radius 2 is 0.718 bits per heavy atom. The van der Waals surface area contributed by atoms with Crippen LogP contribution in [-0.2, 0) is 5.41 Å². The van der Waals surface area contributed by atoms with Crippen molar-refractivity contribution in [2.75, 3.05) is 4.90 Å². The predicted molar refractivity (Wildman–Crippen MR) is 331 cm³/mol. The molecule has 0 amide bonds. The number of benzene rings is 10. The van der Waals surface area contributed by atoms with Crippen molar-refractivity contribution in [1.29, 1.82) is 15.8 Å². The van der Waals surface area contributed by atoms with Gasteiger partial charge in [0, 0.05) is 54.6 Å². The Kier molecular flexibility index (Phi) is 9.39. The molecule has 18 rings (SSSR count). The number of nitrogens with zero attached hydrogens (tertiary/aromatic N) is 9. The molecule has 392 valence electrons. The smallest absolute Gasteiger partial charge is 0.156 e. The molecule has 85 heavy (non-hydrogen) atoms. The van der Waals surface area contributed by atoms with Crippen molar-refractivity contribution >= 4 is 82.5 Å². The highest BCUT2D eigenvalue weighted by Gasteiger charge is 2.54. The summed E-state index contributed by atoms with van der Waals surface area (Å²) in [6.45, 7) is 0. The number of nitriles is 3. The van der Waals surface area contributed by atoms with E-state index in [9.17, 15) is 15.8 Å². The third-order valence-electron chi connectivity index (χ3n) is 17.6. The summed E-state index contributed by atoms with van der Waals surface area (Å²) in [6, 6.07) is 83.5. The van der Waals surface area contributed by atoms with E-state index in [4.69, 9.17) is 19.4 Å². The molecule has 2 aliphatic heterocycles. The van der Waals surface area contributed by atoms with Gasteiger partial charge in [-0.15, -0.1) is 0 Å². The molecule has 0 saturated carbocycles. The molecule has 0 saturated heterocycles. The number of aromatic nitrogens is 5. The molecule has 11 nitrogen and oxygen atoms in total. The average Bonchev–Trinajstić information content (AvgIpc) is 1.62. The van der Waals surface area contributed by atoms with Gasteiger partial charge in [0.15, 0.2) is 23.0 Å². The van der Waals surface area contributed by atoms with Crippen LogP contribution in [0.5, 0.6) is 23.0 Å². The summed E-state index contributed by atoms with van der Waals surface area (Å²) < 4.78 is 21.3. The van der Waals surface area contributed by atoms with Gasteiger partial charge in [-0.1, -0.05) is 103 Å². The van der Waals surface area contributed by atoms with Crippen LogP contribution in [0.1, 0.15) is 38.9 Å². The lowest BCUT2D eigenvalue weighted by Crippen LogP contribution is -2.33. The van der Waals surface area contributed by atoms with Crippen molar-refractivity contribution in [3.05, 3.63) is 276 Å². The Bertz CT molecular complexity index is 5420. The summed E-state index contributed by atoms with van der Waals surface area (Å²) in [5.74, 6) is 2.69. The van der Waals surface area contributed by atoms with Crippen molar-refractivity contribution in [3.8, 4) is 69.7 Å². The van der Waals surface area contributed by atoms with E-state index in [0.29, 0.717) is 28.2 Å². The fourth-order valence-electron chi connectivity index (χ4n) is 14.2. The van der Waals surface area contributed by atoms with Gasteiger partial charge >= 0.3 is 0 Å². The molecule has 11 heteroatoms. The van der Waals surface area contributed by atoms with Crippen LogP contribution < -0.4 is 14.4 Å². The van der Waals surface area contributed by atoms with Crippen LogP contribution in [0.4, 0.5) is 17.1 Å². The summed E-state index contributed by atoms with van der Waals surface area (Å²) in [5, 5.41) is 36.6. The summed E-state index contributed by atoms with van der Waals surface area (Å²) in [4.78, 5) is 13.4. The van der Waals surface area contributed by atoms with E-state index >= 15 is 0 Å². The van der Waals surface area contributed by atoms with E-state index in [1.54, 1.807) is 0 Å². The maximum absolute atomic E-state index is 10.3. The zero-order valence-corrected chi connectivity index (χ0v) is 44.9. The highest BCUT2D eigenvalue weighted by molar-refractivity contribution is 6.12. The molecule has 0 bridgehead atoms. The normalized spacial score (nSPS) is 13.2. The van der Waals surface area contributed by atoms with Gasteiger partial charge in [0.1, 0.15) is 0 Å². The van der Waals surface area contributed by atoms with E-state index in [-0.39, 0.29) is 0 Å². The third-order valence-corrected chi connectivity index (χ3v) is 17.6. The fourth-order valence-corrected chi connectivity index (χ4v) is 14.2. The van der Waals surface area contributed by atoms with Gasteiger partial charge in [0.2, 0.25) is 0 Å². The molecule has 0 radical (unpaired) electrons. The second-order valence-corrected chi connectivity index (χ2v) is 21.8. The van der Waals surface area contributed by atoms with Crippen LogP contribution in [0.25, 0.3) is 93.9 Å². The van der Waals surface area contributed by atoms with Crippen molar-refractivity contribution in [3.63, 3.8) is 0 Å². The van der Waals surface area contributed by atoms with Crippen molar-refractivity contribution in [1.82, 2.24) is 23.7 Å². The SMILES string of the molecule is N#Cc1ccc2c(c1)c1ccccc1n2-c1cnc2c(c1)C1(c3cc(N4c5ccccc5Oc5ccccc54)cnc3-2)c2cccc(-n3c4ccccc4c4cc(C#N)ccc43)c2Oc2c(-n3c4ccccc4c4cc(C#N)ccc43)cccc21. The minimum Gasteiger partial charge on any atom is -0.453 e. The zero-order valence-electron chi connectivity index (χ0n) is 44.9. The summed E-state index contributed by atoms with van der Waals surface area (Å²) >= 11 is 0. The first-order valence-corrected chi connectivity index (χ1v) is 28.0. The first-order valence-electron chi connectivity index (χ1n) is 28.0. The standard InChI is InChI=1S/C74H39N9O2/c75-38-43-27-30-61-51(33-43)48-13-1-4-18-58(48)80(61)46-36-56-70(78-41-46)71-57(37-47(42-79-71)81-64-21-7-9-25-68(64)84-69-26-10-8-22-65(69)81)74(56)54-16-11-23-66(82-59-19-5-2-14-49(59)52-34-44(39-76)28-31-62(52)82)72(54)85-73-55(74)17-12-24-67(73)83-60-20-6-3-15-50(60)53-35-45(40-77)29-32-63(53)83/h1-37,41-42H. The Hall–Kier alpha value is -12.2. The lowest BCUT2D eigenvalue weighted by molar-refractivity contribution is 0.433. The van der Waals surface area contributed by atoms with Gasteiger partial charge in [0.05, 0.1) is 131 Å². The Labute approximate surface area is 484 Å². The van der Waals surface area contributed by atoms with Gasteiger partial charge in [-0.25, -0.2) is 0 Å². The van der Waals surface area contributed by atoms with Gasteiger partial charge in [-0.3, -0.25) is 9.97 Å². The molecule has 1 aliphatic carbocycles. The number of hydrogen-bond donors (Lipinski definition) is 0. The van der Waals surface area contributed by atoms with Crippen LogP contribution in [0.15, 0.2) is 237 Å². The number of para-hydroxylation sites is 9. The first kappa shape index (κ1) is 46.5. The predicted octanol–water partition coefficient (Wildman–Crippen LogP) is 17.4. The Morgan fingerprint density at radius 3 is 1.20 bits per heavy atom. The molecular formula is C74H39N9O2. The molecule has 0 atom stereocenters. The van der Waals surface area contributed by atoms with Gasteiger partial charge in [-0.2, -0.15) is 15.8 Å². The Balaban J connectivity index is 1.01. The molecule has 7 heterocycles. The highest BCUT2D eigenvalue weighted by Crippen LogP contribution is 2.65. The quantitative estimate of drug-likeness (QED) is 0.170. The molecule has 0 N–H and O–H groups in total. The summed E-state index contributed by atoms with van der Waals surface area (Å²) in [6.07, 6.45) is 3.90. The van der Waals surface area contributed by atoms with E-state index < -0.39 is 5.41 Å². The molecule has 5 aromatic heterocycles. The number of rotatable bonds is 4. The van der Waals surface area contributed by atoms with Crippen LogP contribution >= 0.6 is 0 Å². The maximum atomic E-state index is 10.3. The fraction of sp³-hybridized carbons (Fsp3) is 0.0135. The van der Waals surface area contributed by atoms with Crippen LogP contribution in [0, 0.1) is 34.0 Å². The van der Waals surface area contributed by atoms with Gasteiger partial charge in [-0.05, 0) is 121 Å². The molecule has 1 spiro atoms. The molecule has 3 aliphatic rings. The Morgan fingerprint density at radius 1 is 0.329 bits per heavy atom. The summed E-state index contributed by atoms with van der Waals surface area (Å²) in [7, 11) is 0. The van der Waals surface area contributed by atoms with Crippen molar-refractivity contribution < 1.29 is 9.47 Å². The monoisotopic (exact) mass is 1090 g/mol. The first-order chi connectivity index (χ1) is 42.0. The van der Waals surface area contributed by atoms with Crippen LogP contribution in [0.2, 0.25) is 0 Å². The summed E-state index contributed by atoms with van der Waals surface area (Å²) in [5.41, 5.74) is 16.1. The number of fused-ring (bicyclic) bond motifs is 20. The minimum atomic E-state index is -1.21. The molecule has 15 aromatic rings. The number of anilines is 3. The minimum absolute atomic E-state index is 0.567. The van der Waals surface area contributed by atoms with E-state index in [1.807, 2.05) is 128 Å². The van der Waals surface area contributed by atoms with Gasteiger partial charge in [0.25, 0.3) is 0 Å². The zero-order chi connectivity index (χ0) is 56.2.